The van der Waals surface area contributed by atoms with Crippen molar-refractivity contribution < 1.29 is 28.5 Å². The quantitative estimate of drug-likeness (QED) is 0.324. The maximum Gasteiger partial charge on any atom is 0.304 e. The Balaban J connectivity index is 1.61. The number of fused-ring (bicyclic) bond motifs is 5. The van der Waals surface area contributed by atoms with Gasteiger partial charge in [0.2, 0.25) is 0 Å². The first-order valence-corrected chi connectivity index (χ1v) is 12.2. The lowest BCUT2D eigenvalue weighted by atomic mass is 9.44. The van der Waals surface area contributed by atoms with Gasteiger partial charge in [0.05, 0.1) is 6.10 Å². The molecular weight excluding hydrogens is 429 g/mol. The first-order valence-electron chi connectivity index (χ1n) is 12.2. The smallest absolute Gasteiger partial charge is 0.304 e. The standard InChI is InChI=1S/C27H35F3O3/c1-3-27-13-12-16-14-18(31)8-9-19(16)23(27)17(15-26(2)21(27)10-11-22(26)33)6-4-5-7-20(32)24(28)25(29)30/h3,8-9,14,17,20-23,31-33H,1,4-7,10-13,15H2,2H3/t17-,20+,21+,22-,23+,26-,27+/m0/s1. The fourth-order valence-electron chi connectivity index (χ4n) is 7.69. The number of allylic oxidation sites excluding steroid dienone is 1. The number of benzene rings is 1. The molecule has 182 valence electrons. The summed E-state index contributed by atoms with van der Waals surface area (Å²) in [5, 5.41) is 30.7. The van der Waals surface area contributed by atoms with Crippen LogP contribution in [0.2, 0.25) is 0 Å². The number of rotatable bonds is 7. The zero-order valence-corrected chi connectivity index (χ0v) is 19.2. The number of phenolic OH excluding ortho intramolecular Hbond substituents is 1. The van der Waals surface area contributed by atoms with Gasteiger partial charge in [-0.25, -0.2) is 4.39 Å². The Morgan fingerprint density at radius 3 is 2.70 bits per heavy atom. The molecule has 1 aromatic carbocycles. The van der Waals surface area contributed by atoms with Crippen LogP contribution in [0.25, 0.3) is 0 Å². The molecule has 1 aromatic rings. The van der Waals surface area contributed by atoms with E-state index in [9.17, 15) is 28.5 Å². The van der Waals surface area contributed by atoms with Crippen LogP contribution < -0.4 is 0 Å². The summed E-state index contributed by atoms with van der Waals surface area (Å²) in [6.07, 6.45) is 3.80. The molecule has 0 aromatic heterocycles. The molecule has 6 heteroatoms. The van der Waals surface area contributed by atoms with Crippen molar-refractivity contribution in [2.45, 2.75) is 82.8 Å². The topological polar surface area (TPSA) is 60.7 Å². The second kappa shape index (κ2) is 9.10. The van der Waals surface area contributed by atoms with Gasteiger partial charge in [0.15, 0.2) is 5.83 Å². The number of aromatic hydroxyl groups is 1. The average Bonchev–Trinajstić information content (AvgIpc) is 3.09. The van der Waals surface area contributed by atoms with Gasteiger partial charge in [0.25, 0.3) is 0 Å². The summed E-state index contributed by atoms with van der Waals surface area (Å²) in [5.41, 5.74) is 2.03. The molecule has 0 saturated heterocycles. The average molecular weight is 465 g/mol. The van der Waals surface area contributed by atoms with Gasteiger partial charge < -0.3 is 15.3 Å². The Bertz CT molecular complexity index is 927. The molecule has 4 rings (SSSR count). The summed E-state index contributed by atoms with van der Waals surface area (Å²) >= 11 is 0. The van der Waals surface area contributed by atoms with Crippen LogP contribution >= 0.6 is 0 Å². The van der Waals surface area contributed by atoms with Gasteiger partial charge in [-0.1, -0.05) is 31.9 Å². The molecule has 7 atom stereocenters. The van der Waals surface area contributed by atoms with E-state index in [1.54, 1.807) is 6.07 Å². The third kappa shape index (κ3) is 4.03. The molecule has 3 N–H and O–H groups in total. The molecule has 0 radical (unpaired) electrons. The predicted molar refractivity (Wildman–Crippen MR) is 122 cm³/mol. The Morgan fingerprint density at radius 2 is 2.00 bits per heavy atom. The fourth-order valence-corrected chi connectivity index (χ4v) is 7.69. The Labute approximate surface area is 194 Å². The molecule has 2 saturated carbocycles. The Morgan fingerprint density at radius 1 is 1.24 bits per heavy atom. The van der Waals surface area contributed by atoms with Crippen molar-refractivity contribution in [2.24, 2.45) is 22.7 Å². The number of hydrogen-bond donors (Lipinski definition) is 3. The van der Waals surface area contributed by atoms with Gasteiger partial charge in [-0.15, -0.1) is 6.58 Å². The minimum absolute atomic E-state index is 0.0415. The van der Waals surface area contributed by atoms with E-state index >= 15 is 0 Å². The molecule has 0 amide bonds. The number of halogens is 3. The van der Waals surface area contributed by atoms with E-state index in [1.165, 1.54) is 5.56 Å². The number of hydrogen-bond acceptors (Lipinski definition) is 3. The third-order valence-electron chi connectivity index (χ3n) is 9.13. The molecule has 0 heterocycles. The molecule has 0 unspecified atom stereocenters. The van der Waals surface area contributed by atoms with E-state index in [-0.39, 0.29) is 40.9 Å². The van der Waals surface area contributed by atoms with Gasteiger partial charge in [0, 0.05) is 0 Å². The summed E-state index contributed by atoms with van der Waals surface area (Å²) in [5.74, 6) is -0.709. The molecule has 0 spiro atoms. The summed E-state index contributed by atoms with van der Waals surface area (Å²) < 4.78 is 38.1. The predicted octanol–water partition coefficient (Wildman–Crippen LogP) is 6.39. The molecule has 0 aliphatic heterocycles. The number of aliphatic hydroxyl groups excluding tert-OH is 2. The highest BCUT2D eigenvalue weighted by molar-refractivity contribution is 5.43. The van der Waals surface area contributed by atoms with Crippen molar-refractivity contribution in [3.05, 3.63) is 53.9 Å². The molecule has 33 heavy (non-hydrogen) atoms. The lowest BCUT2D eigenvalue weighted by Gasteiger charge is -2.60. The van der Waals surface area contributed by atoms with E-state index in [1.807, 2.05) is 12.1 Å². The normalized spacial score (nSPS) is 35.8. The zero-order chi connectivity index (χ0) is 24.0. The summed E-state index contributed by atoms with van der Waals surface area (Å²) in [6.45, 7) is 6.47. The first kappa shape index (κ1) is 24.3. The van der Waals surface area contributed by atoms with Gasteiger partial charge >= 0.3 is 6.08 Å². The molecule has 3 nitrogen and oxygen atoms in total. The van der Waals surface area contributed by atoms with Crippen LogP contribution in [0.3, 0.4) is 0 Å². The van der Waals surface area contributed by atoms with Crippen LogP contribution in [-0.4, -0.2) is 27.5 Å². The zero-order valence-electron chi connectivity index (χ0n) is 19.2. The molecule has 0 bridgehead atoms. The van der Waals surface area contributed by atoms with Crippen molar-refractivity contribution in [1.29, 1.82) is 0 Å². The van der Waals surface area contributed by atoms with E-state index in [2.05, 4.69) is 19.6 Å². The lowest BCUT2D eigenvalue weighted by molar-refractivity contribution is -0.0813. The highest BCUT2D eigenvalue weighted by Gasteiger charge is 2.63. The van der Waals surface area contributed by atoms with E-state index < -0.39 is 18.0 Å². The van der Waals surface area contributed by atoms with Crippen molar-refractivity contribution in [2.75, 3.05) is 0 Å². The van der Waals surface area contributed by atoms with Crippen LogP contribution in [0.1, 0.15) is 75.3 Å². The van der Waals surface area contributed by atoms with Crippen molar-refractivity contribution in [3.63, 3.8) is 0 Å². The van der Waals surface area contributed by atoms with Crippen LogP contribution in [0.5, 0.6) is 5.75 Å². The first-order chi connectivity index (χ1) is 15.6. The van der Waals surface area contributed by atoms with Gasteiger partial charge in [-0.2, -0.15) is 8.78 Å². The maximum atomic E-state index is 13.3. The highest BCUT2D eigenvalue weighted by atomic mass is 19.3. The van der Waals surface area contributed by atoms with Crippen LogP contribution in [0.15, 0.2) is 42.8 Å². The molecule has 3 aliphatic carbocycles. The van der Waals surface area contributed by atoms with Crippen LogP contribution in [0, 0.1) is 22.7 Å². The molecular formula is C27H35F3O3. The van der Waals surface area contributed by atoms with Crippen molar-refractivity contribution in [1.82, 2.24) is 0 Å². The minimum Gasteiger partial charge on any atom is -0.508 e. The Hall–Kier alpha value is -1.79. The van der Waals surface area contributed by atoms with E-state index in [0.717, 1.165) is 44.1 Å². The molecule has 2 fully saturated rings. The lowest BCUT2D eigenvalue weighted by Crippen LogP contribution is -2.54. The third-order valence-corrected chi connectivity index (χ3v) is 9.13. The Kier molecular flexibility index (Phi) is 6.71. The van der Waals surface area contributed by atoms with Crippen molar-refractivity contribution in [3.8, 4) is 5.75 Å². The number of phenols is 1. The maximum absolute atomic E-state index is 13.3. The minimum atomic E-state index is -2.46. The number of unbranched alkanes of at least 4 members (excludes halogenated alkanes) is 1. The number of aliphatic hydroxyl groups is 2. The van der Waals surface area contributed by atoms with Crippen LogP contribution in [-0.2, 0) is 6.42 Å². The van der Waals surface area contributed by atoms with Gasteiger partial charge in [-0.05, 0) is 96.8 Å². The van der Waals surface area contributed by atoms with E-state index in [4.69, 9.17) is 0 Å². The second-order valence-corrected chi connectivity index (χ2v) is 10.7. The summed E-state index contributed by atoms with van der Waals surface area (Å²) in [6, 6.07) is 5.62. The fraction of sp³-hybridized carbons (Fsp3) is 0.630. The summed E-state index contributed by atoms with van der Waals surface area (Å²) in [4.78, 5) is 0. The number of aryl methyl sites for hydroxylation is 1. The van der Waals surface area contributed by atoms with Crippen LogP contribution in [0.4, 0.5) is 13.2 Å². The van der Waals surface area contributed by atoms with Gasteiger partial charge in [-0.3, -0.25) is 0 Å². The summed E-state index contributed by atoms with van der Waals surface area (Å²) in [7, 11) is 0. The highest BCUT2D eigenvalue weighted by Crippen LogP contribution is 2.69. The molecule has 3 aliphatic rings. The SMILES string of the molecule is C=C[C@]12CCc3cc(O)ccc3[C@H]1[C@@H](CCCC[C@@H](O)C(F)=C(F)F)C[C@@]1(C)[C@H]2CC[C@@H]1O. The van der Waals surface area contributed by atoms with Crippen molar-refractivity contribution >= 4 is 0 Å². The van der Waals surface area contributed by atoms with Gasteiger partial charge in [0.1, 0.15) is 11.9 Å². The largest absolute Gasteiger partial charge is 0.508 e. The van der Waals surface area contributed by atoms with E-state index in [0.29, 0.717) is 18.8 Å². The second-order valence-electron chi connectivity index (χ2n) is 10.7. The monoisotopic (exact) mass is 464 g/mol.